The highest BCUT2D eigenvalue weighted by Gasteiger charge is 2.27. The van der Waals surface area contributed by atoms with Crippen molar-refractivity contribution in [2.75, 3.05) is 9.80 Å². The Morgan fingerprint density at radius 2 is 0.556 bits per heavy atom. The first-order valence-corrected chi connectivity index (χ1v) is 26.9. The van der Waals surface area contributed by atoms with Crippen molar-refractivity contribution in [1.29, 1.82) is 0 Å². The van der Waals surface area contributed by atoms with Gasteiger partial charge in [-0.2, -0.15) is 0 Å². The molecule has 1 N–H and O–H groups in total. The second-order valence-electron chi connectivity index (χ2n) is 19.7. The predicted octanol–water partition coefficient (Wildman–Crippen LogP) is 19.4. The van der Waals surface area contributed by atoms with Gasteiger partial charge in [0.1, 0.15) is 6.10 Å². The zero-order valence-electron chi connectivity index (χ0n) is 43.0. The Morgan fingerprint density at radius 3 is 0.819 bits per heavy atom. The third-order valence-corrected chi connectivity index (χ3v) is 14.3. The number of nitrogens with zero attached hydrogens (tertiary/aromatic N) is 2. The van der Waals surface area contributed by atoms with Crippen LogP contribution < -0.4 is 9.80 Å². The number of unbranched alkanes of at least 4 members (excludes halogenated alkanes) is 4. The lowest BCUT2D eigenvalue weighted by molar-refractivity contribution is 0.225. The van der Waals surface area contributed by atoms with Gasteiger partial charge in [-0.3, -0.25) is 0 Å². The number of fused-ring (bicyclic) bond motifs is 3. The minimum atomic E-state index is -0.685. The van der Waals surface area contributed by atoms with Crippen molar-refractivity contribution in [2.24, 2.45) is 0 Å². The number of hydrogen-bond donors (Lipinski definition) is 1. The van der Waals surface area contributed by atoms with E-state index in [-0.39, 0.29) is 0 Å². The van der Waals surface area contributed by atoms with E-state index in [4.69, 9.17) is 0 Å². The third-order valence-electron chi connectivity index (χ3n) is 14.3. The number of hydrogen-bond acceptors (Lipinski definition) is 3. The molecule has 0 radical (unpaired) electrons. The first kappa shape index (κ1) is 49.8. The van der Waals surface area contributed by atoms with Crippen LogP contribution in [0.2, 0.25) is 0 Å². The third kappa shape index (κ3) is 12.1. The molecule has 0 fully saturated rings. The van der Waals surface area contributed by atoms with E-state index in [9.17, 15) is 5.11 Å². The molecule has 0 aliphatic heterocycles. The minimum Gasteiger partial charge on any atom is -0.384 e. The van der Waals surface area contributed by atoms with Crippen LogP contribution in [0.1, 0.15) is 141 Å². The molecule has 8 aromatic rings. The van der Waals surface area contributed by atoms with Crippen molar-refractivity contribution >= 4 is 58.4 Å². The zero-order valence-corrected chi connectivity index (χ0v) is 43.0. The van der Waals surface area contributed by atoms with Crippen LogP contribution >= 0.6 is 0 Å². The number of aliphatic hydroxyl groups is 1. The summed E-state index contributed by atoms with van der Waals surface area (Å²) in [6.07, 6.45) is 22.0. The fourth-order valence-corrected chi connectivity index (χ4v) is 10.00. The Hall–Kier alpha value is -7.20. The number of anilines is 6. The van der Waals surface area contributed by atoms with E-state index in [0.29, 0.717) is 0 Å². The maximum atomic E-state index is 11.7. The molecule has 0 saturated heterocycles. The van der Waals surface area contributed by atoms with Gasteiger partial charge in [-0.15, -0.1) is 0 Å². The van der Waals surface area contributed by atoms with Crippen LogP contribution in [-0.4, -0.2) is 5.11 Å². The summed E-state index contributed by atoms with van der Waals surface area (Å²) in [7, 11) is 0. The van der Waals surface area contributed by atoms with E-state index in [0.717, 1.165) is 104 Å². The average Bonchev–Trinajstić information content (AvgIpc) is 3.71. The maximum absolute atomic E-state index is 11.7. The van der Waals surface area contributed by atoms with Gasteiger partial charge in [0.2, 0.25) is 0 Å². The van der Waals surface area contributed by atoms with Crippen molar-refractivity contribution in [1.82, 2.24) is 0 Å². The van der Waals surface area contributed by atoms with Gasteiger partial charge in [0.15, 0.2) is 0 Å². The van der Waals surface area contributed by atoms with Crippen LogP contribution in [0, 0.1) is 0 Å². The first-order chi connectivity index (χ1) is 35.4. The standard InChI is InChI=1S/C69H72N2O/c1-5-9-13-51-21-35-59(36-22-51)70(60-37-23-52(24-38-60)14-10-6-2)63-43-29-55(30-44-63)17-19-57-33-47-65-66-48-34-58(50-68(66)69(72)67(65)49-57)20-18-56-31-45-64(46-32-56)71(61-39-25-53(26-40-61)15-11-7-3)62-41-27-54(28-42-62)16-12-8-4/h17-50,69,72H,5-16H2,1-4H3/b19-17+,20-18+. The lowest BCUT2D eigenvalue weighted by Crippen LogP contribution is -2.10. The summed E-state index contributed by atoms with van der Waals surface area (Å²) in [5, 5.41) is 11.7. The van der Waals surface area contributed by atoms with Crippen molar-refractivity contribution in [3.8, 4) is 11.1 Å². The fraction of sp³-hybridized carbons (Fsp3) is 0.246. The molecule has 364 valence electrons. The van der Waals surface area contributed by atoms with E-state index < -0.39 is 6.10 Å². The molecule has 0 aromatic heterocycles. The summed E-state index contributed by atoms with van der Waals surface area (Å²) in [5.41, 5.74) is 20.9. The zero-order chi connectivity index (χ0) is 49.7. The molecule has 3 heteroatoms. The molecule has 0 atom stereocenters. The Balaban J connectivity index is 0.880. The van der Waals surface area contributed by atoms with Crippen LogP contribution in [0.4, 0.5) is 34.1 Å². The van der Waals surface area contributed by atoms with Gasteiger partial charge in [0, 0.05) is 34.1 Å². The van der Waals surface area contributed by atoms with E-state index in [1.165, 1.54) is 73.6 Å². The van der Waals surface area contributed by atoms with Gasteiger partial charge in [-0.1, -0.05) is 175 Å². The van der Waals surface area contributed by atoms with Crippen LogP contribution in [-0.2, 0) is 25.7 Å². The lowest BCUT2D eigenvalue weighted by atomic mass is 10.0. The normalized spacial score (nSPS) is 12.2. The maximum Gasteiger partial charge on any atom is 0.105 e. The molecule has 0 heterocycles. The quantitative estimate of drug-likeness (QED) is 0.0686. The largest absolute Gasteiger partial charge is 0.384 e. The molecule has 1 aliphatic rings. The number of rotatable bonds is 22. The molecule has 0 bridgehead atoms. The molecule has 0 amide bonds. The number of aliphatic hydroxyl groups excluding tert-OH is 1. The van der Waals surface area contributed by atoms with E-state index >= 15 is 0 Å². The molecule has 3 nitrogen and oxygen atoms in total. The van der Waals surface area contributed by atoms with Gasteiger partial charge in [-0.05, 0) is 203 Å². The molecule has 72 heavy (non-hydrogen) atoms. The molecule has 0 spiro atoms. The highest BCUT2D eigenvalue weighted by Crippen LogP contribution is 2.45. The molecular formula is C69H72N2O. The summed E-state index contributed by atoms with van der Waals surface area (Å²) in [6.45, 7) is 9.00. The van der Waals surface area contributed by atoms with Crippen molar-refractivity contribution in [3.63, 3.8) is 0 Å². The molecular weight excluding hydrogens is 873 g/mol. The molecule has 9 rings (SSSR count). The molecule has 1 aliphatic carbocycles. The van der Waals surface area contributed by atoms with Crippen LogP contribution in [0.25, 0.3) is 35.4 Å². The summed E-state index contributed by atoms with van der Waals surface area (Å²) >= 11 is 0. The average molecular weight is 945 g/mol. The van der Waals surface area contributed by atoms with Crippen LogP contribution in [0.5, 0.6) is 0 Å². The van der Waals surface area contributed by atoms with Crippen molar-refractivity contribution in [2.45, 2.75) is 111 Å². The van der Waals surface area contributed by atoms with Gasteiger partial charge >= 0.3 is 0 Å². The summed E-state index contributed by atoms with van der Waals surface area (Å²) in [6, 6.07) is 66.9. The second-order valence-corrected chi connectivity index (χ2v) is 19.7. The van der Waals surface area contributed by atoms with Crippen molar-refractivity contribution < 1.29 is 5.11 Å². The molecule has 0 unspecified atom stereocenters. The van der Waals surface area contributed by atoms with E-state index in [1.807, 2.05) is 0 Å². The first-order valence-electron chi connectivity index (χ1n) is 26.9. The number of aryl methyl sites for hydroxylation is 4. The van der Waals surface area contributed by atoms with E-state index in [2.05, 4.69) is 244 Å². The second kappa shape index (κ2) is 24.3. The van der Waals surface area contributed by atoms with Gasteiger partial charge in [0.25, 0.3) is 0 Å². The summed E-state index contributed by atoms with van der Waals surface area (Å²) < 4.78 is 0. The molecule has 8 aromatic carbocycles. The monoisotopic (exact) mass is 945 g/mol. The van der Waals surface area contributed by atoms with Gasteiger partial charge in [-0.25, -0.2) is 0 Å². The number of benzene rings is 8. The molecule has 0 saturated carbocycles. The SMILES string of the molecule is CCCCc1ccc(N(c2ccc(/C=C/c3ccc4c(c3)C(O)c3cc(/C=C/c5ccc(N(c6ccc(CCCC)cc6)c6ccc(CCCC)cc6)cc5)ccc3-4)cc2)c2ccc(CCCC)cc2)cc1. The summed E-state index contributed by atoms with van der Waals surface area (Å²) in [5.74, 6) is 0. The van der Waals surface area contributed by atoms with E-state index in [1.54, 1.807) is 0 Å². The summed E-state index contributed by atoms with van der Waals surface area (Å²) in [4.78, 5) is 4.72. The Morgan fingerprint density at radius 1 is 0.319 bits per heavy atom. The lowest BCUT2D eigenvalue weighted by Gasteiger charge is -2.26. The van der Waals surface area contributed by atoms with Crippen molar-refractivity contribution in [3.05, 3.63) is 238 Å². The Bertz CT molecular complexity index is 2720. The fourth-order valence-electron chi connectivity index (χ4n) is 10.00. The Kier molecular flexibility index (Phi) is 16.8. The minimum absolute atomic E-state index is 0.685. The highest BCUT2D eigenvalue weighted by atomic mass is 16.3. The van der Waals surface area contributed by atoms with Crippen LogP contribution in [0.3, 0.4) is 0 Å². The smallest absolute Gasteiger partial charge is 0.105 e. The van der Waals surface area contributed by atoms with Crippen LogP contribution in [0.15, 0.2) is 182 Å². The van der Waals surface area contributed by atoms with Gasteiger partial charge < -0.3 is 14.9 Å². The van der Waals surface area contributed by atoms with Gasteiger partial charge in [0.05, 0.1) is 0 Å². The Labute approximate surface area is 430 Å². The predicted molar refractivity (Wildman–Crippen MR) is 310 cm³/mol. The topological polar surface area (TPSA) is 26.7 Å². The highest BCUT2D eigenvalue weighted by molar-refractivity contribution is 5.84.